The summed E-state index contributed by atoms with van der Waals surface area (Å²) in [7, 11) is 0. The highest BCUT2D eigenvalue weighted by atomic mass is 16.2. The second-order valence-electron chi connectivity index (χ2n) is 14.0. The van der Waals surface area contributed by atoms with Crippen LogP contribution in [0.15, 0.2) is 60.7 Å². The fourth-order valence-electron chi connectivity index (χ4n) is 7.76. The molecule has 0 radical (unpaired) electrons. The maximum Gasteiger partial charge on any atom is 0.261 e. The van der Waals surface area contributed by atoms with Crippen molar-refractivity contribution in [2.45, 2.75) is 79.1 Å². The van der Waals surface area contributed by atoms with Crippen LogP contribution in [-0.4, -0.2) is 46.5 Å². The van der Waals surface area contributed by atoms with Gasteiger partial charge in [0, 0.05) is 13.1 Å². The van der Waals surface area contributed by atoms with Gasteiger partial charge in [0.2, 0.25) is 0 Å². The quantitative estimate of drug-likeness (QED) is 0.100. The molecule has 48 heavy (non-hydrogen) atoms. The summed E-state index contributed by atoms with van der Waals surface area (Å²) in [5.41, 5.74) is 1.95. The molecule has 7 rings (SSSR count). The fraction of sp³-hybridized carbons (Fsp3) is 0.381. The van der Waals surface area contributed by atoms with Crippen molar-refractivity contribution < 1.29 is 19.2 Å². The lowest BCUT2D eigenvalue weighted by Crippen LogP contribution is -2.34. The molecular formula is C42H44N2O4. The van der Waals surface area contributed by atoms with Crippen LogP contribution in [0.1, 0.15) is 120 Å². The first-order valence-corrected chi connectivity index (χ1v) is 17.9. The van der Waals surface area contributed by atoms with Gasteiger partial charge >= 0.3 is 0 Å². The van der Waals surface area contributed by atoms with Gasteiger partial charge in [0.15, 0.2) is 0 Å². The molecule has 0 N–H and O–H groups in total. The first kappa shape index (κ1) is 32.0. The molecule has 0 saturated carbocycles. The van der Waals surface area contributed by atoms with Crippen molar-refractivity contribution in [1.29, 1.82) is 0 Å². The van der Waals surface area contributed by atoms with E-state index in [2.05, 4.69) is 64.1 Å². The number of amides is 4. The van der Waals surface area contributed by atoms with Crippen molar-refractivity contribution in [1.82, 2.24) is 9.80 Å². The van der Waals surface area contributed by atoms with Gasteiger partial charge in [0.05, 0.1) is 22.3 Å². The van der Waals surface area contributed by atoms with E-state index in [0.717, 1.165) is 94.5 Å². The molecule has 0 fully saturated rings. The second kappa shape index (κ2) is 12.8. The Morgan fingerprint density at radius 1 is 0.417 bits per heavy atom. The molecule has 246 valence electrons. The summed E-state index contributed by atoms with van der Waals surface area (Å²) in [6, 6.07) is 20.2. The highest BCUT2D eigenvalue weighted by Crippen LogP contribution is 2.36. The van der Waals surface area contributed by atoms with Crippen LogP contribution in [0.25, 0.3) is 43.1 Å². The van der Waals surface area contributed by atoms with Crippen LogP contribution < -0.4 is 0 Å². The Hall–Kier alpha value is -4.58. The van der Waals surface area contributed by atoms with Gasteiger partial charge in [0.25, 0.3) is 23.6 Å². The molecule has 2 aliphatic rings. The molecule has 0 aromatic heterocycles. The van der Waals surface area contributed by atoms with Gasteiger partial charge < -0.3 is 0 Å². The molecule has 0 aliphatic carbocycles. The van der Waals surface area contributed by atoms with Gasteiger partial charge in [-0.3, -0.25) is 29.0 Å². The Bertz CT molecular complexity index is 1870. The highest BCUT2D eigenvalue weighted by Gasteiger charge is 2.38. The van der Waals surface area contributed by atoms with E-state index in [9.17, 15) is 19.2 Å². The molecule has 2 unspecified atom stereocenters. The first-order valence-electron chi connectivity index (χ1n) is 17.9. The van der Waals surface area contributed by atoms with E-state index in [4.69, 9.17) is 0 Å². The number of carbonyl (C=O) groups is 4. The number of benzene rings is 5. The molecule has 5 aromatic rings. The minimum atomic E-state index is -0.192. The van der Waals surface area contributed by atoms with Crippen LogP contribution in [0.5, 0.6) is 0 Å². The number of hydrogen-bond donors (Lipinski definition) is 0. The maximum atomic E-state index is 13.5. The number of imide groups is 2. The standard InChI is InChI=1S/C42H44N2O4/c1-5-9-11-25(7-3)23-43-39(45)35-19-31-15-27-13-29-17-33-21-37-38(42(48)44(41(37)47)24-26(8-4)12-10-6-2)22-34(33)18-30(29)14-28(27)16-32(31)20-36(35)40(43)46/h13-22,25-26H,5-12,23-24H2,1-4H3. The lowest BCUT2D eigenvalue weighted by Gasteiger charge is -2.21. The number of hydrogen-bond acceptors (Lipinski definition) is 4. The largest absolute Gasteiger partial charge is 0.274 e. The molecule has 0 spiro atoms. The van der Waals surface area contributed by atoms with Crippen molar-refractivity contribution in [3.63, 3.8) is 0 Å². The van der Waals surface area contributed by atoms with Gasteiger partial charge in [-0.05, 0) is 128 Å². The first-order chi connectivity index (χ1) is 23.2. The highest BCUT2D eigenvalue weighted by molar-refractivity contribution is 6.25. The van der Waals surface area contributed by atoms with Crippen molar-refractivity contribution in [2.24, 2.45) is 11.8 Å². The van der Waals surface area contributed by atoms with Gasteiger partial charge in [-0.2, -0.15) is 0 Å². The normalized spacial score (nSPS) is 15.8. The third-order valence-corrected chi connectivity index (χ3v) is 10.8. The Balaban J connectivity index is 1.23. The summed E-state index contributed by atoms with van der Waals surface area (Å²) in [6.45, 7) is 9.52. The predicted molar refractivity (Wildman–Crippen MR) is 194 cm³/mol. The zero-order chi connectivity index (χ0) is 33.7. The van der Waals surface area contributed by atoms with E-state index in [1.165, 1.54) is 9.80 Å². The van der Waals surface area contributed by atoms with Crippen LogP contribution in [0.4, 0.5) is 0 Å². The number of nitrogens with zero attached hydrogens (tertiary/aromatic N) is 2. The summed E-state index contributed by atoms with van der Waals surface area (Å²) in [5, 5.41) is 7.83. The molecule has 0 bridgehead atoms. The molecule has 4 amide bonds. The van der Waals surface area contributed by atoms with Gasteiger partial charge in [0.1, 0.15) is 0 Å². The maximum absolute atomic E-state index is 13.5. The number of fused-ring (bicyclic) bond motifs is 6. The second-order valence-corrected chi connectivity index (χ2v) is 14.0. The number of unbranched alkanes of at least 4 members (excludes halogenated alkanes) is 2. The topological polar surface area (TPSA) is 74.8 Å². The molecule has 6 heteroatoms. The summed E-state index contributed by atoms with van der Waals surface area (Å²) < 4.78 is 0. The Morgan fingerprint density at radius 3 is 0.896 bits per heavy atom. The predicted octanol–water partition coefficient (Wildman–Crippen LogP) is 9.92. The lowest BCUT2D eigenvalue weighted by atomic mass is 9.94. The van der Waals surface area contributed by atoms with Gasteiger partial charge in [-0.1, -0.05) is 66.2 Å². The van der Waals surface area contributed by atoms with Crippen LogP contribution in [0.3, 0.4) is 0 Å². The smallest absolute Gasteiger partial charge is 0.261 e. The minimum Gasteiger partial charge on any atom is -0.274 e. The van der Waals surface area contributed by atoms with E-state index in [1.807, 2.05) is 24.3 Å². The molecule has 5 aromatic carbocycles. The van der Waals surface area contributed by atoms with Crippen molar-refractivity contribution in [2.75, 3.05) is 13.1 Å². The van der Waals surface area contributed by atoms with Gasteiger partial charge in [-0.15, -0.1) is 0 Å². The molecular weight excluding hydrogens is 596 g/mol. The monoisotopic (exact) mass is 640 g/mol. The zero-order valence-corrected chi connectivity index (χ0v) is 28.5. The van der Waals surface area contributed by atoms with Crippen LogP contribution in [-0.2, 0) is 0 Å². The zero-order valence-electron chi connectivity index (χ0n) is 28.5. The molecule has 2 heterocycles. The van der Waals surface area contributed by atoms with E-state index in [-0.39, 0.29) is 23.6 Å². The average Bonchev–Trinajstić information content (AvgIpc) is 3.45. The fourth-order valence-corrected chi connectivity index (χ4v) is 7.76. The third kappa shape index (κ3) is 5.45. The number of rotatable bonds is 12. The van der Waals surface area contributed by atoms with Crippen LogP contribution in [0, 0.1) is 11.8 Å². The third-order valence-electron chi connectivity index (χ3n) is 10.8. The van der Waals surface area contributed by atoms with Crippen molar-refractivity contribution in [3.8, 4) is 0 Å². The average molecular weight is 641 g/mol. The van der Waals surface area contributed by atoms with E-state index in [1.54, 1.807) is 0 Å². The Morgan fingerprint density at radius 2 is 0.667 bits per heavy atom. The lowest BCUT2D eigenvalue weighted by molar-refractivity contribution is 0.0609. The summed E-state index contributed by atoms with van der Waals surface area (Å²) in [4.78, 5) is 56.7. The molecule has 2 aliphatic heterocycles. The van der Waals surface area contributed by atoms with E-state index in [0.29, 0.717) is 47.2 Å². The molecule has 2 atom stereocenters. The van der Waals surface area contributed by atoms with E-state index >= 15 is 0 Å². The SMILES string of the molecule is CCCCC(CC)CN1C(=O)c2cc3cc4cc5cc6cc7c(cc6cc5cc4cc3cc2C1=O)C(=O)N(CC(CC)CCCC)C7=O. The molecule has 0 saturated heterocycles. The molecule has 6 nitrogen and oxygen atoms in total. The van der Waals surface area contributed by atoms with Gasteiger partial charge in [-0.25, -0.2) is 0 Å². The van der Waals surface area contributed by atoms with E-state index < -0.39 is 0 Å². The van der Waals surface area contributed by atoms with Crippen LogP contribution in [0.2, 0.25) is 0 Å². The van der Waals surface area contributed by atoms with Crippen molar-refractivity contribution in [3.05, 3.63) is 82.9 Å². The summed E-state index contributed by atoms with van der Waals surface area (Å²) >= 11 is 0. The Labute approximate surface area is 282 Å². The Kier molecular flexibility index (Phi) is 8.53. The summed E-state index contributed by atoms with van der Waals surface area (Å²) in [5.74, 6) is -0.145. The van der Waals surface area contributed by atoms with Crippen molar-refractivity contribution >= 4 is 66.7 Å². The summed E-state index contributed by atoms with van der Waals surface area (Å²) in [6.07, 6.45) is 8.30. The minimum absolute atomic E-state index is 0.192. The van der Waals surface area contributed by atoms with Crippen LogP contribution >= 0.6 is 0 Å². The number of carbonyl (C=O) groups excluding carboxylic acids is 4.